The fraction of sp³-hybridized carbons (Fsp3) is 0.524. The Bertz CT molecular complexity index is 829. The molecule has 1 saturated heterocycles. The van der Waals surface area contributed by atoms with Crippen molar-refractivity contribution in [3.8, 4) is 0 Å². The number of carbonyl (C=O) groups excluding carboxylic acids is 1. The first-order valence-corrected chi connectivity index (χ1v) is 9.40. The molecule has 6 nitrogen and oxygen atoms in total. The molecule has 0 radical (unpaired) electrons. The van der Waals surface area contributed by atoms with Crippen LogP contribution in [0.4, 0.5) is 4.79 Å². The summed E-state index contributed by atoms with van der Waals surface area (Å²) in [4.78, 5) is 25.4. The smallest absolute Gasteiger partial charge is 0.409 e. The molecular weight excluding hydrogens is 344 g/mol. The van der Waals surface area contributed by atoms with Crippen LogP contribution in [-0.2, 0) is 16.6 Å². The largest absolute Gasteiger partial charge is 0.453 e. The minimum absolute atomic E-state index is 0.00288. The first kappa shape index (κ1) is 19.3. The molecule has 1 fully saturated rings. The van der Waals surface area contributed by atoms with Crippen LogP contribution in [0.3, 0.4) is 0 Å². The number of hydrogen-bond donors (Lipinski definition) is 1. The molecule has 27 heavy (non-hydrogen) atoms. The summed E-state index contributed by atoms with van der Waals surface area (Å²) in [5.74, 6) is 0.779. The third-order valence-corrected chi connectivity index (χ3v) is 5.36. The highest BCUT2D eigenvalue weighted by Crippen LogP contribution is 2.33. The number of ether oxygens (including phenoxy) is 1. The van der Waals surface area contributed by atoms with Gasteiger partial charge in [-0.15, -0.1) is 0 Å². The average molecular weight is 372 g/mol. The molecule has 6 heteroatoms. The topological polar surface area (TPSA) is 75.5 Å². The second-order valence-corrected chi connectivity index (χ2v) is 8.30. The molecule has 0 spiro atoms. The number of rotatable bonds is 3. The van der Waals surface area contributed by atoms with Gasteiger partial charge < -0.3 is 14.2 Å². The molecule has 1 aromatic carbocycles. The highest BCUT2D eigenvalue weighted by atomic mass is 16.5. The molecule has 2 aromatic rings. The van der Waals surface area contributed by atoms with Gasteiger partial charge in [-0.1, -0.05) is 45.0 Å². The lowest BCUT2D eigenvalue weighted by Gasteiger charge is -2.38. The second kappa shape index (κ2) is 7.62. The molecule has 1 aliphatic heterocycles. The number of piperidine rings is 1. The summed E-state index contributed by atoms with van der Waals surface area (Å²) < 4.78 is 10.3. The van der Waals surface area contributed by atoms with Gasteiger partial charge in [-0.2, -0.15) is 5.16 Å². The van der Waals surface area contributed by atoms with Crippen LogP contribution >= 0.6 is 0 Å². The lowest BCUT2D eigenvalue weighted by molar-refractivity contribution is 0.0817. The van der Waals surface area contributed by atoms with E-state index in [4.69, 9.17) is 9.26 Å². The Morgan fingerprint density at radius 2 is 2.00 bits per heavy atom. The fourth-order valence-electron chi connectivity index (χ4n) is 3.77. The highest BCUT2D eigenvalue weighted by molar-refractivity contribution is 5.68. The van der Waals surface area contributed by atoms with Crippen molar-refractivity contribution >= 4 is 6.09 Å². The molecule has 0 bridgehead atoms. The summed E-state index contributed by atoms with van der Waals surface area (Å²) in [6.45, 7) is 7.16. The molecule has 1 N–H and O–H groups in total. The van der Waals surface area contributed by atoms with Crippen LogP contribution < -0.4 is 5.56 Å². The maximum absolute atomic E-state index is 12.2. The Morgan fingerprint density at radius 1 is 1.30 bits per heavy atom. The Labute approximate surface area is 159 Å². The number of aromatic amines is 1. The van der Waals surface area contributed by atoms with Gasteiger partial charge in [0.15, 0.2) is 0 Å². The normalized spacial score (nSPS) is 20.5. The minimum Gasteiger partial charge on any atom is -0.453 e. The van der Waals surface area contributed by atoms with E-state index >= 15 is 0 Å². The van der Waals surface area contributed by atoms with Crippen molar-refractivity contribution in [3.05, 3.63) is 57.6 Å². The number of likely N-dealkylation sites (tertiary alicyclic amines) is 1. The van der Waals surface area contributed by atoms with E-state index in [1.165, 1.54) is 24.3 Å². The van der Waals surface area contributed by atoms with Crippen LogP contribution in [0.5, 0.6) is 0 Å². The Morgan fingerprint density at radius 3 is 2.56 bits per heavy atom. The van der Waals surface area contributed by atoms with Crippen molar-refractivity contribution in [2.24, 2.45) is 0 Å². The molecule has 1 amide bonds. The van der Waals surface area contributed by atoms with Crippen LogP contribution in [0.25, 0.3) is 0 Å². The average Bonchev–Trinajstić information content (AvgIpc) is 3.07. The summed E-state index contributed by atoms with van der Waals surface area (Å²) in [6, 6.07) is 10.1. The van der Waals surface area contributed by atoms with Crippen LogP contribution in [0.1, 0.15) is 56.4 Å². The van der Waals surface area contributed by atoms with Crippen molar-refractivity contribution in [2.45, 2.75) is 57.4 Å². The van der Waals surface area contributed by atoms with Crippen molar-refractivity contribution in [1.82, 2.24) is 10.1 Å². The van der Waals surface area contributed by atoms with Gasteiger partial charge in [0.25, 0.3) is 5.56 Å². The number of nitrogens with one attached hydrogen (secondary N) is 1. The third-order valence-electron chi connectivity index (χ3n) is 5.36. The quantitative estimate of drug-likeness (QED) is 0.889. The summed E-state index contributed by atoms with van der Waals surface area (Å²) >= 11 is 0. The Balaban J connectivity index is 1.79. The van der Waals surface area contributed by atoms with Crippen molar-refractivity contribution in [2.75, 3.05) is 13.7 Å². The standard InChI is InChI=1S/C21H28N2O4/c1-21(2,3)16-7-5-14(6-8-16)11-17-12-15(18-13-19(24)22-27-18)9-10-23(17)20(25)26-4/h5-8,13,15,17H,9-12H2,1-4H3,(H,22,24). The minimum atomic E-state index is -0.305. The number of carbonyl (C=O) groups is 1. The molecule has 2 unspecified atom stereocenters. The molecule has 2 atom stereocenters. The maximum atomic E-state index is 12.2. The van der Waals surface area contributed by atoms with E-state index in [1.807, 2.05) is 0 Å². The predicted octanol–water partition coefficient (Wildman–Crippen LogP) is 3.82. The van der Waals surface area contributed by atoms with Gasteiger partial charge in [0.05, 0.1) is 7.11 Å². The van der Waals surface area contributed by atoms with Gasteiger partial charge in [-0.3, -0.25) is 4.79 Å². The third kappa shape index (κ3) is 4.43. The van der Waals surface area contributed by atoms with Crippen LogP contribution in [0.15, 0.2) is 39.6 Å². The summed E-state index contributed by atoms with van der Waals surface area (Å²) in [5.41, 5.74) is 2.35. The predicted molar refractivity (Wildman–Crippen MR) is 103 cm³/mol. The number of hydrogen-bond acceptors (Lipinski definition) is 4. The van der Waals surface area contributed by atoms with Gasteiger partial charge in [0, 0.05) is 24.6 Å². The van der Waals surface area contributed by atoms with E-state index < -0.39 is 0 Å². The molecule has 1 aliphatic rings. The SMILES string of the molecule is COC(=O)N1CCC(c2cc(=O)[nH]o2)CC1Cc1ccc(C(C)(C)C)cc1. The number of aromatic nitrogens is 1. The first-order chi connectivity index (χ1) is 12.8. The van der Waals surface area contributed by atoms with Crippen molar-refractivity contribution < 1.29 is 14.1 Å². The molecule has 0 saturated carbocycles. The zero-order valence-corrected chi connectivity index (χ0v) is 16.5. The van der Waals surface area contributed by atoms with Crippen molar-refractivity contribution in [3.63, 3.8) is 0 Å². The molecule has 146 valence electrons. The summed E-state index contributed by atoms with van der Waals surface area (Å²) in [7, 11) is 1.41. The van der Waals surface area contributed by atoms with E-state index in [1.54, 1.807) is 4.90 Å². The molecular formula is C21H28N2O4. The fourth-order valence-corrected chi connectivity index (χ4v) is 3.77. The van der Waals surface area contributed by atoms with Gasteiger partial charge in [-0.05, 0) is 35.8 Å². The van der Waals surface area contributed by atoms with Gasteiger partial charge in [0.2, 0.25) is 0 Å². The van der Waals surface area contributed by atoms with E-state index in [0.717, 1.165) is 19.3 Å². The summed E-state index contributed by atoms with van der Waals surface area (Å²) in [6.07, 6.45) is 1.91. The van der Waals surface area contributed by atoms with Gasteiger partial charge in [0.1, 0.15) is 5.76 Å². The molecule has 2 heterocycles. The zero-order valence-electron chi connectivity index (χ0n) is 16.5. The summed E-state index contributed by atoms with van der Waals surface area (Å²) in [5, 5.41) is 2.36. The number of benzene rings is 1. The lowest BCUT2D eigenvalue weighted by atomic mass is 9.84. The first-order valence-electron chi connectivity index (χ1n) is 9.40. The number of H-pyrrole nitrogens is 1. The molecule has 0 aliphatic carbocycles. The van der Waals surface area contributed by atoms with Crippen LogP contribution in [0, 0.1) is 0 Å². The Kier molecular flexibility index (Phi) is 5.44. The molecule has 3 rings (SSSR count). The highest BCUT2D eigenvalue weighted by Gasteiger charge is 2.34. The second-order valence-electron chi connectivity index (χ2n) is 8.30. The van der Waals surface area contributed by atoms with Crippen LogP contribution in [0.2, 0.25) is 0 Å². The zero-order chi connectivity index (χ0) is 19.6. The van der Waals surface area contributed by atoms with E-state index in [0.29, 0.717) is 12.3 Å². The van der Waals surface area contributed by atoms with E-state index in [9.17, 15) is 9.59 Å². The monoisotopic (exact) mass is 372 g/mol. The van der Waals surface area contributed by atoms with Crippen molar-refractivity contribution in [1.29, 1.82) is 0 Å². The molecule has 1 aromatic heterocycles. The maximum Gasteiger partial charge on any atom is 0.409 e. The lowest BCUT2D eigenvalue weighted by Crippen LogP contribution is -2.46. The number of amides is 1. The van der Waals surface area contributed by atoms with E-state index in [2.05, 4.69) is 50.2 Å². The van der Waals surface area contributed by atoms with Gasteiger partial charge >= 0.3 is 6.09 Å². The van der Waals surface area contributed by atoms with E-state index in [-0.39, 0.29) is 29.0 Å². The van der Waals surface area contributed by atoms with Crippen LogP contribution in [-0.4, -0.2) is 35.8 Å². The number of methoxy groups -OCH3 is 1. The number of nitrogens with zero attached hydrogens (tertiary/aromatic N) is 1. The van der Waals surface area contributed by atoms with Gasteiger partial charge in [-0.25, -0.2) is 4.79 Å². The Hall–Kier alpha value is -2.50.